The summed E-state index contributed by atoms with van der Waals surface area (Å²) >= 11 is 9.68. The fourth-order valence-electron chi connectivity index (χ4n) is 2.08. The molecule has 0 aliphatic carbocycles. The van der Waals surface area contributed by atoms with E-state index in [1.54, 1.807) is 4.68 Å². The molecule has 1 unspecified atom stereocenters. The molecule has 1 atom stereocenters. The Morgan fingerprint density at radius 1 is 1.42 bits per heavy atom. The van der Waals surface area contributed by atoms with Crippen LogP contribution in [0.15, 0.2) is 28.7 Å². The lowest BCUT2D eigenvalue weighted by Gasteiger charge is -2.16. The van der Waals surface area contributed by atoms with Crippen molar-refractivity contribution in [1.82, 2.24) is 15.2 Å². The Hall–Kier alpha value is -0.880. The van der Waals surface area contributed by atoms with E-state index in [1.807, 2.05) is 38.2 Å². The van der Waals surface area contributed by atoms with E-state index in [0.29, 0.717) is 11.6 Å². The number of hydrogen-bond acceptors (Lipinski definition) is 3. The topological polar surface area (TPSA) is 55.9 Å². The molecule has 2 aromatic rings. The van der Waals surface area contributed by atoms with E-state index in [2.05, 4.69) is 26.5 Å². The van der Waals surface area contributed by atoms with Crippen LogP contribution >= 0.6 is 27.5 Å². The molecule has 3 N–H and O–H groups in total. The smallest absolute Gasteiger partial charge is 0.130 e. The maximum atomic E-state index is 6.25. The molecule has 1 aromatic heterocycles. The number of rotatable bonds is 4. The third-order valence-electron chi connectivity index (χ3n) is 3.15. The van der Waals surface area contributed by atoms with Crippen molar-refractivity contribution < 1.29 is 0 Å². The summed E-state index contributed by atoms with van der Waals surface area (Å²) in [5.41, 5.74) is 5.91. The molecule has 102 valence electrons. The normalized spacial score (nSPS) is 12.7. The molecule has 19 heavy (non-hydrogen) atoms. The second-order valence-electron chi connectivity index (χ2n) is 4.45. The lowest BCUT2D eigenvalue weighted by Crippen LogP contribution is -2.29. The van der Waals surface area contributed by atoms with Gasteiger partial charge in [0.05, 0.1) is 11.7 Å². The second-order valence-corrected chi connectivity index (χ2v) is 5.73. The van der Waals surface area contributed by atoms with Crippen LogP contribution in [0.3, 0.4) is 0 Å². The molecular weight excluding hydrogens is 328 g/mol. The summed E-state index contributed by atoms with van der Waals surface area (Å²) in [7, 11) is 1.84. The monoisotopic (exact) mass is 342 g/mol. The maximum absolute atomic E-state index is 6.25. The van der Waals surface area contributed by atoms with Gasteiger partial charge in [-0.3, -0.25) is 16.0 Å². The van der Waals surface area contributed by atoms with Gasteiger partial charge in [-0.05, 0) is 31.0 Å². The summed E-state index contributed by atoms with van der Waals surface area (Å²) in [5, 5.41) is 4.98. The van der Waals surface area contributed by atoms with Crippen molar-refractivity contribution in [2.75, 3.05) is 0 Å². The zero-order valence-electron chi connectivity index (χ0n) is 10.8. The molecule has 0 bridgehead atoms. The van der Waals surface area contributed by atoms with E-state index in [1.165, 1.54) is 0 Å². The summed E-state index contributed by atoms with van der Waals surface area (Å²) in [4.78, 5) is 0. The van der Waals surface area contributed by atoms with Gasteiger partial charge in [0.15, 0.2) is 0 Å². The fourth-order valence-corrected chi connectivity index (χ4v) is 2.59. The summed E-state index contributed by atoms with van der Waals surface area (Å²) in [6.07, 6.45) is 0.705. The van der Waals surface area contributed by atoms with Gasteiger partial charge in [-0.2, -0.15) is 5.10 Å². The summed E-state index contributed by atoms with van der Waals surface area (Å²) < 4.78 is 2.73. The quantitative estimate of drug-likeness (QED) is 0.663. The standard InChI is InChI=1S/C13H16BrClN4/c1-8-11(13(15)19(2)18-8)7-12(17-16)9-3-5-10(14)6-4-9/h3-6,12,17H,7,16H2,1-2H3. The van der Waals surface area contributed by atoms with Crippen LogP contribution < -0.4 is 11.3 Å². The Labute approximate surface area is 126 Å². The number of hydrazine groups is 1. The van der Waals surface area contributed by atoms with Crippen molar-refractivity contribution in [3.63, 3.8) is 0 Å². The van der Waals surface area contributed by atoms with Crippen molar-refractivity contribution in [3.05, 3.63) is 50.7 Å². The molecule has 0 saturated heterocycles. The first-order valence-electron chi connectivity index (χ1n) is 5.92. The Morgan fingerprint density at radius 3 is 2.53 bits per heavy atom. The molecule has 0 amide bonds. The predicted molar refractivity (Wildman–Crippen MR) is 80.9 cm³/mol. The van der Waals surface area contributed by atoms with E-state index in [9.17, 15) is 0 Å². The highest BCUT2D eigenvalue weighted by Crippen LogP contribution is 2.26. The largest absolute Gasteiger partial charge is 0.271 e. The highest BCUT2D eigenvalue weighted by molar-refractivity contribution is 9.10. The van der Waals surface area contributed by atoms with Crippen LogP contribution in [0.5, 0.6) is 0 Å². The lowest BCUT2D eigenvalue weighted by atomic mass is 10.00. The van der Waals surface area contributed by atoms with Crippen LogP contribution in [0.1, 0.15) is 22.9 Å². The zero-order valence-corrected chi connectivity index (χ0v) is 13.2. The number of halogens is 2. The van der Waals surface area contributed by atoms with Crippen LogP contribution in [0.4, 0.5) is 0 Å². The van der Waals surface area contributed by atoms with E-state index in [0.717, 1.165) is 21.3 Å². The Kier molecular flexibility index (Phi) is 4.62. The lowest BCUT2D eigenvalue weighted by molar-refractivity contribution is 0.551. The molecule has 0 fully saturated rings. The van der Waals surface area contributed by atoms with Crippen LogP contribution in [0.2, 0.25) is 5.15 Å². The molecule has 0 radical (unpaired) electrons. The molecule has 0 spiro atoms. The van der Waals surface area contributed by atoms with Gasteiger partial charge in [-0.15, -0.1) is 0 Å². The first-order valence-corrected chi connectivity index (χ1v) is 7.09. The number of aryl methyl sites for hydroxylation is 2. The highest BCUT2D eigenvalue weighted by Gasteiger charge is 2.17. The van der Waals surface area contributed by atoms with E-state index in [4.69, 9.17) is 17.4 Å². The molecule has 0 saturated carbocycles. The Bertz CT molecular complexity index is 565. The highest BCUT2D eigenvalue weighted by atomic mass is 79.9. The van der Waals surface area contributed by atoms with Crippen molar-refractivity contribution in [3.8, 4) is 0 Å². The van der Waals surface area contributed by atoms with E-state index in [-0.39, 0.29) is 6.04 Å². The third kappa shape index (κ3) is 3.17. The van der Waals surface area contributed by atoms with Gasteiger partial charge in [-0.1, -0.05) is 39.7 Å². The van der Waals surface area contributed by atoms with Crippen LogP contribution in [0.25, 0.3) is 0 Å². The van der Waals surface area contributed by atoms with E-state index < -0.39 is 0 Å². The summed E-state index contributed by atoms with van der Waals surface area (Å²) in [6, 6.07) is 8.07. The van der Waals surface area contributed by atoms with Gasteiger partial charge in [0.25, 0.3) is 0 Å². The minimum absolute atomic E-state index is 0.00787. The SMILES string of the molecule is Cc1nn(C)c(Cl)c1CC(NN)c1ccc(Br)cc1. The number of nitrogens with one attached hydrogen (secondary N) is 1. The summed E-state index contributed by atoms with van der Waals surface area (Å²) in [5.74, 6) is 5.67. The maximum Gasteiger partial charge on any atom is 0.130 e. The molecule has 6 heteroatoms. The third-order valence-corrected chi connectivity index (χ3v) is 4.15. The average molecular weight is 344 g/mol. The average Bonchev–Trinajstić information content (AvgIpc) is 2.63. The summed E-state index contributed by atoms with van der Waals surface area (Å²) in [6.45, 7) is 1.95. The van der Waals surface area contributed by atoms with Crippen LogP contribution in [0, 0.1) is 6.92 Å². The predicted octanol–water partition coefficient (Wildman–Crippen LogP) is 2.89. The minimum Gasteiger partial charge on any atom is -0.271 e. The van der Waals surface area contributed by atoms with E-state index >= 15 is 0 Å². The van der Waals surface area contributed by atoms with Gasteiger partial charge < -0.3 is 0 Å². The van der Waals surface area contributed by atoms with Gasteiger partial charge in [0.1, 0.15) is 5.15 Å². The van der Waals surface area contributed by atoms with Crippen molar-refractivity contribution in [2.45, 2.75) is 19.4 Å². The molecule has 1 heterocycles. The molecule has 1 aromatic carbocycles. The number of hydrogen-bond donors (Lipinski definition) is 2. The second kappa shape index (κ2) is 6.05. The fraction of sp³-hybridized carbons (Fsp3) is 0.308. The zero-order chi connectivity index (χ0) is 14.0. The van der Waals surface area contributed by atoms with Crippen LogP contribution in [-0.4, -0.2) is 9.78 Å². The Morgan fingerprint density at radius 2 is 2.05 bits per heavy atom. The molecule has 0 aliphatic heterocycles. The van der Waals surface area contributed by atoms with Gasteiger partial charge in [-0.25, -0.2) is 0 Å². The van der Waals surface area contributed by atoms with Gasteiger partial charge >= 0.3 is 0 Å². The number of benzene rings is 1. The molecular formula is C13H16BrClN4. The van der Waals surface area contributed by atoms with Gasteiger partial charge in [0.2, 0.25) is 0 Å². The number of nitrogens with two attached hydrogens (primary N) is 1. The van der Waals surface area contributed by atoms with Crippen LogP contribution in [-0.2, 0) is 13.5 Å². The number of nitrogens with zero attached hydrogens (tertiary/aromatic N) is 2. The molecule has 0 aliphatic rings. The Balaban J connectivity index is 2.26. The van der Waals surface area contributed by atoms with Crippen molar-refractivity contribution in [2.24, 2.45) is 12.9 Å². The molecule has 2 rings (SSSR count). The van der Waals surface area contributed by atoms with Gasteiger partial charge in [0, 0.05) is 17.1 Å². The van der Waals surface area contributed by atoms with Crippen molar-refractivity contribution in [1.29, 1.82) is 0 Å². The number of aromatic nitrogens is 2. The molecule has 4 nitrogen and oxygen atoms in total. The van der Waals surface area contributed by atoms with Crippen molar-refractivity contribution >= 4 is 27.5 Å². The first kappa shape index (κ1) is 14.5. The minimum atomic E-state index is 0.00787. The first-order chi connectivity index (χ1) is 9.02.